The molecule has 0 spiro atoms. The Bertz CT molecular complexity index is 845. The number of carboxylic acids is 1. The number of nitrogens with one attached hydrogen (secondary N) is 3. The molecule has 1 aromatic carbocycles. The van der Waals surface area contributed by atoms with Crippen LogP contribution in [0.1, 0.15) is 52.0 Å². The van der Waals surface area contributed by atoms with Gasteiger partial charge >= 0.3 is 5.97 Å². The second-order valence-electron chi connectivity index (χ2n) is 9.08. The van der Waals surface area contributed by atoms with Crippen LogP contribution >= 0.6 is 0 Å². The number of aliphatic carboxylic acids is 1. The predicted molar refractivity (Wildman–Crippen MR) is 131 cm³/mol. The number of rotatable bonds is 15. The Morgan fingerprint density at radius 1 is 0.886 bits per heavy atom. The average molecular weight is 494 g/mol. The highest BCUT2D eigenvalue weighted by molar-refractivity contribution is 5.93. The number of hydrogen-bond donors (Lipinski definition) is 7. The molecule has 196 valence electrons. The fourth-order valence-electron chi connectivity index (χ4n) is 3.37. The summed E-state index contributed by atoms with van der Waals surface area (Å²) < 4.78 is 0. The van der Waals surface area contributed by atoms with E-state index in [0.717, 1.165) is 6.42 Å². The number of nitrogens with two attached hydrogens (primary N) is 2. The van der Waals surface area contributed by atoms with Gasteiger partial charge in [-0.15, -0.1) is 0 Å². The summed E-state index contributed by atoms with van der Waals surface area (Å²) in [6, 6.07) is 2.03. The van der Waals surface area contributed by atoms with Crippen LogP contribution < -0.4 is 27.4 Å². The molecule has 35 heavy (non-hydrogen) atoms. The Morgan fingerprint density at radius 3 is 2.03 bits per heavy atom. The van der Waals surface area contributed by atoms with E-state index in [1.165, 1.54) is 19.1 Å². The first-order valence-corrected chi connectivity index (χ1v) is 11.8. The lowest BCUT2D eigenvalue weighted by molar-refractivity contribution is -0.142. The average Bonchev–Trinajstić information content (AvgIpc) is 2.78. The van der Waals surface area contributed by atoms with Crippen molar-refractivity contribution in [1.82, 2.24) is 16.0 Å². The molecule has 0 bridgehead atoms. The molecule has 0 aliphatic heterocycles. The van der Waals surface area contributed by atoms with Gasteiger partial charge in [0.1, 0.15) is 23.9 Å². The third-order valence-electron chi connectivity index (χ3n) is 5.39. The molecule has 0 saturated heterocycles. The maximum atomic E-state index is 12.9. The number of phenolic OH excluding ortho intramolecular Hbond substituents is 1. The van der Waals surface area contributed by atoms with E-state index < -0.39 is 47.9 Å². The van der Waals surface area contributed by atoms with Crippen molar-refractivity contribution in [1.29, 1.82) is 0 Å². The number of carbonyl (C=O) groups is 4. The van der Waals surface area contributed by atoms with Gasteiger partial charge in [0.05, 0.1) is 6.04 Å². The van der Waals surface area contributed by atoms with E-state index in [1.807, 2.05) is 13.8 Å². The zero-order valence-corrected chi connectivity index (χ0v) is 20.6. The highest BCUT2D eigenvalue weighted by Gasteiger charge is 2.29. The van der Waals surface area contributed by atoms with Gasteiger partial charge in [-0.3, -0.25) is 14.4 Å². The number of unbranched alkanes of at least 4 members (excludes halogenated alkanes) is 1. The van der Waals surface area contributed by atoms with Crippen LogP contribution in [-0.4, -0.2) is 64.6 Å². The predicted octanol–water partition coefficient (Wildman–Crippen LogP) is -0.00400. The van der Waals surface area contributed by atoms with Crippen molar-refractivity contribution in [3.63, 3.8) is 0 Å². The minimum atomic E-state index is -1.23. The largest absolute Gasteiger partial charge is 0.508 e. The topological polar surface area (TPSA) is 197 Å². The molecule has 0 aliphatic rings. The van der Waals surface area contributed by atoms with Crippen molar-refractivity contribution in [3.05, 3.63) is 29.8 Å². The van der Waals surface area contributed by atoms with E-state index in [4.69, 9.17) is 11.5 Å². The molecule has 0 aromatic heterocycles. The molecule has 3 amide bonds. The van der Waals surface area contributed by atoms with Crippen molar-refractivity contribution in [3.8, 4) is 5.75 Å². The monoisotopic (exact) mass is 493 g/mol. The van der Waals surface area contributed by atoms with E-state index in [-0.39, 0.29) is 24.5 Å². The van der Waals surface area contributed by atoms with E-state index in [9.17, 15) is 29.4 Å². The van der Waals surface area contributed by atoms with Gasteiger partial charge in [-0.1, -0.05) is 32.4 Å². The fourth-order valence-corrected chi connectivity index (χ4v) is 3.37. The highest BCUT2D eigenvalue weighted by Crippen LogP contribution is 2.12. The first-order chi connectivity index (χ1) is 16.4. The Labute approximate surface area is 206 Å². The van der Waals surface area contributed by atoms with Crippen LogP contribution in [-0.2, 0) is 25.6 Å². The molecule has 4 atom stereocenters. The van der Waals surface area contributed by atoms with Crippen LogP contribution in [0.4, 0.5) is 0 Å². The van der Waals surface area contributed by atoms with Gasteiger partial charge in [0.25, 0.3) is 0 Å². The van der Waals surface area contributed by atoms with E-state index >= 15 is 0 Å². The van der Waals surface area contributed by atoms with Gasteiger partial charge in [-0.25, -0.2) is 4.79 Å². The lowest BCUT2D eigenvalue weighted by Gasteiger charge is -2.25. The second kappa shape index (κ2) is 14.9. The maximum Gasteiger partial charge on any atom is 0.326 e. The maximum absolute atomic E-state index is 12.9. The molecular weight excluding hydrogens is 454 g/mol. The molecule has 11 heteroatoms. The summed E-state index contributed by atoms with van der Waals surface area (Å²) in [5.74, 6) is -2.87. The van der Waals surface area contributed by atoms with E-state index in [1.54, 1.807) is 12.1 Å². The molecule has 0 saturated carbocycles. The molecule has 4 unspecified atom stereocenters. The summed E-state index contributed by atoms with van der Waals surface area (Å²) in [4.78, 5) is 49.6. The van der Waals surface area contributed by atoms with Crippen molar-refractivity contribution < 1.29 is 29.4 Å². The number of amides is 3. The molecular formula is C24H39N5O6. The number of carboxylic acid groups (broad SMARTS) is 1. The minimum absolute atomic E-state index is 0.00178. The molecule has 0 radical (unpaired) electrons. The molecule has 0 aliphatic carbocycles. The first-order valence-electron chi connectivity index (χ1n) is 11.8. The summed E-state index contributed by atoms with van der Waals surface area (Å²) in [7, 11) is 0. The second-order valence-corrected chi connectivity index (χ2v) is 9.08. The van der Waals surface area contributed by atoms with Crippen LogP contribution in [0.5, 0.6) is 5.75 Å². The molecule has 11 nitrogen and oxygen atoms in total. The van der Waals surface area contributed by atoms with Gasteiger partial charge < -0.3 is 37.6 Å². The highest BCUT2D eigenvalue weighted by atomic mass is 16.4. The van der Waals surface area contributed by atoms with Gasteiger partial charge in [-0.05, 0) is 56.3 Å². The zero-order chi connectivity index (χ0) is 26.5. The van der Waals surface area contributed by atoms with E-state index in [2.05, 4.69) is 16.0 Å². The molecule has 0 fully saturated rings. The number of phenols is 1. The van der Waals surface area contributed by atoms with Crippen LogP contribution in [0.2, 0.25) is 0 Å². The Hall–Kier alpha value is -3.18. The SMILES string of the molecule is CC(C)CC(NC(=O)C(C)NC(=O)C(N)CCCCN)C(=O)NC(Cc1ccc(O)cc1)C(=O)O. The third kappa shape index (κ3) is 11.2. The van der Waals surface area contributed by atoms with Crippen molar-refractivity contribution >= 4 is 23.7 Å². The van der Waals surface area contributed by atoms with Gasteiger partial charge in [0, 0.05) is 6.42 Å². The third-order valence-corrected chi connectivity index (χ3v) is 5.39. The lowest BCUT2D eigenvalue weighted by atomic mass is 10.0. The smallest absolute Gasteiger partial charge is 0.326 e. The van der Waals surface area contributed by atoms with Crippen molar-refractivity contribution in [2.45, 2.75) is 77.0 Å². The molecule has 1 rings (SSSR count). The summed E-state index contributed by atoms with van der Waals surface area (Å²) in [5, 5.41) is 26.6. The molecule has 0 heterocycles. The van der Waals surface area contributed by atoms with Gasteiger partial charge in [0.2, 0.25) is 17.7 Å². The van der Waals surface area contributed by atoms with Crippen molar-refractivity contribution in [2.24, 2.45) is 17.4 Å². The Morgan fingerprint density at radius 2 is 1.49 bits per heavy atom. The number of hydrogen-bond acceptors (Lipinski definition) is 7. The standard InChI is InChI=1S/C24H39N5O6/c1-14(2)12-19(28-21(31)15(3)27-22(32)18(26)6-4-5-11-25)23(33)29-20(24(34)35)13-16-7-9-17(30)10-8-16/h7-10,14-15,18-20,30H,4-6,11-13,25-26H2,1-3H3,(H,27,32)(H,28,31)(H,29,33)(H,34,35). The summed E-state index contributed by atoms with van der Waals surface area (Å²) in [5.41, 5.74) is 11.9. The normalized spacial score (nSPS) is 14.5. The van der Waals surface area contributed by atoms with Gasteiger partial charge in [-0.2, -0.15) is 0 Å². The quantitative estimate of drug-likeness (QED) is 0.166. The molecule has 9 N–H and O–H groups in total. The number of carbonyl (C=O) groups excluding carboxylic acids is 3. The minimum Gasteiger partial charge on any atom is -0.508 e. The van der Waals surface area contributed by atoms with Crippen LogP contribution in [0.25, 0.3) is 0 Å². The number of aromatic hydroxyl groups is 1. The lowest BCUT2D eigenvalue weighted by Crippen LogP contribution is -2.56. The zero-order valence-electron chi connectivity index (χ0n) is 20.6. The first kappa shape index (κ1) is 29.9. The molecule has 1 aromatic rings. The van der Waals surface area contributed by atoms with Gasteiger partial charge in [0.15, 0.2) is 0 Å². The number of benzene rings is 1. The Balaban J connectivity index is 2.79. The fraction of sp³-hybridized carbons (Fsp3) is 0.583. The van der Waals surface area contributed by atoms with Crippen LogP contribution in [0, 0.1) is 5.92 Å². The summed E-state index contributed by atoms with van der Waals surface area (Å²) in [6.07, 6.45) is 2.14. The van der Waals surface area contributed by atoms with Crippen LogP contribution in [0.3, 0.4) is 0 Å². The van der Waals surface area contributed by atoms with Crippen LogP contribution in [0.15, 0.2) is 24.3 Å². The summed E-state index contributed by atoms with van der Waals surface area (Å²) in [6.45, 7) is 5.71. The Kier molecular flexibility index (Phi) is 12.7. The van der Waals surface area contributed by atoms with Crippen molar-refractivity contribution in [2.75, 3.05) is 6.54 Å². The van der Waals surface area contributed by atoms with E-state index in [0.29, 0.717) is 24.9 Å². The summed E-state index contributed by atoms with van der Waals surface area (Å²) >= 11 is 0.